The van der Waals surface area contributed by atoms with Crippen molar-refractivity contribution >= 4 is 30.1 Å². The first-order valence-electron chi connectivity index (χ1n) is 11.9. The summed E-state index contributed by atoms with van der Waals surface area (Å²) in [5, 5.41) is 4.83. The van der Waals surface area contributed by atoms with Crippen LogP contribution in [0.4, 0.5) is 10.6 Å². The molecule has 2 aromatic heterocycles. The second kappa shape index (κ2) is 16.7. The summed E-state index contributed by atoms with van der Waals surface area (Å²) in [6.45, 7) is 9.90. The average Bonchev–Trinajstić information content (AvgIpc) is 3.63. The first-order chi connectivity index (χ1) is 17.0. The Hall–Kier alpha value is -3.82. The molecule has 192 valence electrons. The van der Waals surface area contributed by atoms with E-state index in [-0.39, 0.29) is 12.5 Å². The van der Waals surface area contributed by atoms with E-state index in [0.717, 1.165) is 37.3 Å². The van der Waals surface area contributed by atoms with E-state index in [1.54, 1.807) is 15.5 Å². The van der Waals surface area contributed by atoms with Gasteiger partial charge in [-0.1, -0.05) is 64.4 Å². The van der Waals surface area contributed by atoms with E-state index < -0.39 is 6.09 Å². The van der Waals surface area contributed by atoms with E-state index in [9.17, 15) is 14.4 Å². The number of anilines is 1. The maximum absolute atomic E-state index is 11.3. The number of oxazole rings is 1. The molecular weight excluding hydrogens is 450 g/mol. The van der Waals surface area contributed by atoms with Crippen LogP contribution in [0.5, 0.6) is 0 Å². The molecular formula is C25H37N5O5. The van der Waals surface area contributed by atoms with Gasteiger partial charge in [0.05, 0.1) is 19.5 Å². The number of aromatic nitrogens is 2. The number of imidazole rings is 1. The SMILES string of the molecule is CC.CCC.COC(=O)NCC(=O)N1CCCC1.O=CNc1cn2cc(-c3ccccc3)oc2n1. The molecule has 0 radical (unpaired) electrons. The fourth-order valence-corrected chi connectivity index (χ4v) is 2.96. The lowest BCUT2D eigenvalue weighted by Gasteiger charge is -2.14. The summed E-state index contributed by atoms with van der Waals surface area (Å²) < 4.78 is 11.6. The van der Waals surface area contributed by atoms with Gasteiger partial charge < -0.3 is 24.7 Å². The van der Waals surface area contributed by atoms with E-state index in [1.165, 1.54) is 13.5 Å². The fraction of sp³-hybridized carbons (Fsp3) is 0.440. The smallest absolute Gasteiger partial charge is 0.407 e. The molecule has 10 heteroatoms. The number of hydrogen-bond donors (Lipinski definition) is 2. The molecule has 0 unspecified atom stereocenters. The largest absolute Gasteiger partial charge is 0.453 e. The van der Waals surface area contributed by atoms with Gasteiger partial charge in [-0.3, -0.25) is 14.0 Å². The summed E-state index contributed by atoms with van der Waals surface area (Å²) in [5.74, 6) is 1.63. The van der Waals surface area contributed by atoms with Crippen LogP contribution < -0.4 is 10.6 Å². The highest BCUT2D eigenvalue weighted by Gasteiger charge is 2.17. The molecule has 1 saturated heterocycles. The third kappa shape index (κ3) is 9.91. The summed E-state index contributed by atoms with van der Waals surface area (Å²) in [6.07, 6.45) is 6.91. The maximum atomic E-state index is 11.3. The molecule has 0 saturated carbocycles. The summed E-state index contributed by atoms with van der Waals surface area (Å²) in [5.41, 5.74) is 0.989. The Balaban J connectivity index is 0.000000304. The standard InChI is InChI=1S/C12H9N3O2.C8H14N2O3.C3H8.C2H6/c16-8-13-11-7-15-6-10(17-12(15)14-11)9-4-2-1-3-5-9;1-13-8(12)9-6-7(11)10-4-2-3-5-10;1-3-2;1-2/h1-8H,(H,13,16);2-6H2,1H3,(H,9,12);3H2,1-2H3;1-2H3. The zero-order chi connectivity index (χ0) is 26.1. The first kappa shape index (κ1) is 29.2. The minimum Gasteiger partial charge on any atom is -0.453 e. The minimum atomic E-state index is -0.562. The molecule has 0 aliphatic carbocycles. The second-order valence-electron chi connectivity index (χ2n) is 7.18. The third-order valence-electron chi connectivity index (χ3n) is 4.45. The number of methoxy groups -OCH3 is 1. The normalized spacial score (nSPS) is 11.6. The van der Waals surface area contributed by atoms with Gasteiger partial charge in [-0.15, -0.1) is 0 Å². The van der Waals surface area contributed by atoms with Crippen molar-refractivity contribution in [3.05, 3.63) is 42.7 Å². The predicted octanol–water partition coefficient (Wildman–Crippen LogP) is 4.57. The summed E-state index contributed by atoms with van der Waals surface area (Å²) in [7, 11) is 1.27. The monoisotopic (exact) mass is 487 g/mol. The van der Waals surface area contributed by atoms with Crippen LogP contribution in [0.15, 0.2) is 47.1 Å². The van der Waals surface area contributed by atoms with Crippen LogP contribution in [0.3, 0.4) is 0 Å². The van der Waals surface area contributed by atoms with Gasteiger partial charge in [0.15, 0.2) is 11.6 Å². The Morgan fingerprint density at radius 3 is 2.29 bits per heavy atom. The topological polar surface area (TPSA) is 118 Å². The number of carbonyl (C=O) groups is 3. The number of carbonyl (C=O) groups excluding carboxylic acids is 3. The van der Waals surface area contributed by atoms with Crippen molar-refractivity contribution in [2.45, 2.75) is 47.0 Å². The number of likely N-dealkylation sites (tertiary alicyclic amines) is 1. The molecule has 0 atom stereocenters. The van der Waals surface area contributed by atoms with Gasteiger partial charge in [0.25, 0.3) is 0 Å². The Morgan fingerprint density at radius 2 is 1.74 bits per heavy atom. The van der Waals surface area contributed by atoms with Gasteiger partial charge in [0.2, 0.25) is 12.3 Å². The van der Waals surface area contributed by atoms with Crippen LogP contribution in [-0.2, 0) is 14.3 Å². The molecule has 3 heterocycles. The zero-order valence-corrected chi connectivity index (χ0v) is 21.2. The average molecular weight is 488 g/mol. The van der Waals surface area contributed by atoms with Crippen molar-refractivity contribution in [3.63, 3.8) is 0 Å². The number of hydrogen-bond acceptors (Lipinski definition) is 6. The Labute approximate surface area is 206 Å². The van der Waals surface area contributed by atoms with Gasteiger partial charge in [0, 0.05) is 18.7 Å². The van der Waals surface area contributed by atoms with Crippen molar-refractivity contribution in [1.29, 1.82) is 0 Å². The van der Waals surface area contributed by atoms with Crippen LogP contribution in [-0.4, -0.2) is 59.4 Å². The van der Waals surface area contributed by atoms with E-state index in [0.29, 0.717) is 18.1 Å². The van der Waals surface area contributed by atoms with Crippen LogP contribution in [0.2, 0.25) is 0 Å². The number of nitrogens with zero attached hydrogens (tertiary/aromatic N) is 3. The summed E-state index contributed by atoms with van der Waals surface area (Å²) in [4.78, 5) is 38.1. The van der Waals surface area contributed by atoms with Gasteiger partial charge >= 0.3 is 11.9 Å². The maximum Gasteiger partial charge on any atom is 0.407 e. The number of alkyl carbamates (subject to hydrolysis) is 1. The van der Waals surface area contributed by atoms with Crippen LogP contribution >= 0.6 is 0 Å². The number of rotatable bonds is 5. The minimum absolute atomic E-state index is 0.0344. The molecule has 10 nitrogen and oxygen atoms in total. The van der Waals surface area contributed by atoms with Gasteiger partial charge in [0.1, 0.15) is 6.54 Å². The molecule has 1 aromatic carbocycles. The summed E-state index contributed by atoms with van der Waals surface area (Å²) >= 11 is 0. The molecule has 1 aliphatic rings. The Kier molecular flexibility index (Phi) is 14.0. The van der Waals surface area contributed by atoms with Gasteiger partial charge in [-0.05, 0) is 12.8 Å². The van der Waals surface area contributed by atoms with Gasteiger partial charge in [-0.2, -0.15) is 4.98 Å². The molecule has 1 aliphatic heterocycles. The fourth-order valence-electron chi connectivity index (χ4n) is 2.96. The number of nitrogens with one attached hydrogen (secondary N) is 2. The van der Waals surface area contributed by atoms with E-state index in [4.69, 9.17) is 4.42 Å². The molecule has 2 N–H and O–H groups in total. The van der Waals surface area contributed by atoms with Gasteiger partial charge in [-0.25, -0.2) is 4.79 Å². The third-order valence-corrected chi connectivity index (χ3v) is 4.45. The van der Waals surface area contributed by atoms with Crippen molar-refractivity contribution in [2.75, 3.05) is 32.1 Å². The number of ether oxygens (including phenoxy) is 1. The van der Waals surface area contributed by atoms with E-state index in [1.807, 2.05) is 50.4 Å². The lowest BCUT2D eigenvalue weighted by atomic mass is 10.2. The number of fused-ring (bicyclic) bond motifs is 1. The molecule has 3 aromatic rings. The Bertz CT molecular complexity index is 978. The molecule has 4 rings (SSSR count). The highest BCUT2D eigenvalue weighted by molar-refractivity contribution is 5.82. The second-order valence-corrected chi connectivity index (χ2v) is 7.18. The van der Waals surface area contributed by atoms with Crippen molar-refractivity contribution < 1.29 is 23.5 Å². The molecule has 0 spiro atoms. The van der Waals surface area contributed by atoms with Crippen molar-refractivity contribution in [1.82, 2.24) is 19.6 Å². The van der Waals surface area contributed by atoms with Crippen LogP contribution in [0.1, 0.15) is 47.0 Å². The first-order valence-corrected chi connectivity index (χ1v) is 11.9. The molecule has 3 amide bonds. The highest BCUT2D eigenvalue weighted by atomic mass is 16.5. The van der Waals surface area contributed by atoms with Crippen LogP contribution in [0.25, 0.3) is 17.2 Å². The summed E-state index contributed by atoms with van der Waals surface area (Å²) in [6, 6.07) is 9.76. The zero-order valence-electron chi connectivity index (χ0n) is 21.2. The highest BCUT2D eigenvalue weighted by Crippen LogP contribution is 2.23. The number of amides is 3. The predicted molar refractivity (Wildman–Crippen MR) is 136 cm³/mol. The lowest BCUT2D eigenvalue weighted by Crippen LogP contribution is -2.38. The van der Waals surface area contributed by atoms with Crippen molar-refractivity contribution in [2.24, 2.45) is 0 Å². The number of benzene rings is 1. The van der Waals surface area contributed by atoms with E-state index >= 15 is 0 Å². The van der Waals surface area contributed by atoms with Crippen LogP contribution in [0, 0.1) is 0 Å². The quantitative estimate of drug-likeness (QED) is 0.509. The molecule has 35 heavy (non-hydrogen) atoms. The molecule has 1 fully saturated rings. The molecule has 0 bridgehead atoms. The van der Waals surface area contributed by atoms with Crippen molar-refractivity contribution in [3.8, 4) is 11.3 Å². The lowest BCUT2D eigenvalue weighted by molar-refractivity contribution is -0.129. The van der Waals surface area contributed by atoms with E-state index in [2.05, 4.69) is 34.2 Å². The Morgan fingerprint density at radius 1 is 1.11 bits per heavy atom.